The molecule has 0 aliphatic heterocycles. The number of aliphatic hydroxyl groups excluding tert-OH is 1. The molecule has 144 valence electrons. The van der Waals surface area contributed by atoms with Crippen molar-refractivity contribution >= 4 is 59.4 Å². The number of hydrogen-bond donors (Lipinski definition) is 2. The van der Waals surface area contributed by atoms with Gasteiger partial charge in [-0.3, -0.25) is 0 Å². The van der Waals surface area contributed by atoms with E-state index in [4.69, 9.17) is 0 Å². The fraction of sp³-hybridized carbons (Fsp3) is 0.217. The normalized spacial score (nSPS) is 12.6. The molecule has 5 heteroatoms. The van der Waals surface area contributed by atoms with E-state index < -0.39 is 6.10 Å². The first-order chi connectivity index (χ1) is 13.4. The van der Waals surface area contributed by atoms with E-state index in [2.05, 4.69) is 98.1 Å². The van der Waals surface area contributed by atoms with E-state index in [-0.39, 0.29) is 0 Å². The summed E-state index contributed by atoms with van der Waals surface area (Å²) in [7, 11) is 0. The van der Waals surface area contributed by atoms with Crippen LogP contribution in [0, 0.1) is 13.8 Å². The summed E-state index contributed by atoms with van der Waals surface area (Å²) in [4.78, 5) is 0. The van der Waals surface area contributed by atoms with E-state index in [1.165, 1.54) is 21.9 Å². The number of fused-ring (bicyclic) bond motifs is 3. The Bertz CT molecular complexity index is 1110. The van der Waals surface area contributed by atoms with Crippen molar-refractivity contribution in [3.05, 3.63) is 74.7 Å². The molecule has 0 aliphatic carbocycles. The highest BCUT2D eigenvalue weighted by atomic mass is 79.9. The van der Waals surface area contributed by atoms with Crippen LogP contribution in [0.3, 0.4) is 0 Å². The standard InChI is InChI=1S/C23H22Br2N2O/c1-14-3-4-15(2)21(9-14)26-12-18(28)13-27-22-7-5-16(24)10-19(22)20-11-17(25)6-8-23(20)27/h3-11,18,26,28H,12-13H2,1-2H3/t18-/m0/s1. The summed E-state index contributed by atoms with van der Waals surface area (Å²) in [5.41, 5.74) is 5.73. The minimum absolute atomic E-state index is 0.499. The third-order valence-electron chi connectivity index (χ3n) is 5.10. The molecule has 3 aromatic carbocycles. The first-order valence-corrected chi connectivity index (χ1v) is 10.9. The zero-order chi connectivity index (χ0) is 19.8. The predicted octanol–water partition coefficient (Wildman–Crippen LogP) is 6.41. The maximum atomic E-state index is 10.8. The molecule has 2 N–H and O–H groups in total. The van der Waals surface area contributed by atoms with Crippen molar-refractivity contribution in [1.82, 2.24) is 4.57 Å². The van der Waals surface area contributed by atoms with Gasteiger partial charge in [0.2, 0.25) is 0 Å². The fourth-order valence-electron chi connectivity index (χ4n) is 3.67. The van der Waals surface area contributed by atoms with Crippen LogP contribution in [0.15, 0.2) is 63.5 Å². The Morgan fingerprint density at radius 1 is 0.893 bits per heavy atom. The van der Waals surface area contributed by atoms with Crippen molar-refractivity contribution < 1.29 is 5.11 Å². The van der Waals surface area contributed by atoms with Crippen LogP contribution in [0.5, 0.6) is 0 Å². The van der Waals surface area contributed by atoms with Crippen LogP contribution in [0.4, 0.5) is 5.69 Å². The molecule has 4 rings (SSSR count). The van der Waals surface area contributed by atoms with Gasteiger partial charge in [0.05, 0.1) is 12.6 Å². The van der Waals surface area contributed by atoms with Crippen molar-refractivity contribution in [2.45, 2.75) is 26.5 Å². The lowest BCUT2D eigenvalue weighted by molar-refractivity contribution is 0.169. The summed E-state index contributed by atoms with van der Waals surface area (Å²) in [6.45, 7) is 5.19. The van der Waals surface area contributed by atoms with Crippen LogP contribution in [-0.4, -0.2) is 22.3 Å². The van der Waals surface area contributed by atoms with Crippen molar-refractivity contribution in [3.8, 4) is 0 Å². The van der Waals surface area contributed by atoms with Gasteiger partial charge in [-0.1, -0.05) is 44.0 Å². The summed E-state index contributed by atoms with van der Waals surface area (Å²) < 4.78 is 4.31. The van der Waals surface area contributed by atoms with Gasteiger partial charge in [0, 0.05) is 43.0 Å². The number of rotatable bonds is 5. The molecule has 0 saturated carbocycles. The average molecular weight is 502 g/mol. The molecule has 0 spiro atoms. The zero-order valence-electron chi connectivity index (χ0n) is 15.8. The summed E-state index contributed by atoms with van der Waals surface area (Å²) in [5.74, 6) is 0. The van der Waals surface area contributed by atoms with E-state index in [0.717, 1.165) is 25.7 Å². The summed E-state index contributed by atoms with van der Waals surface area (Å²) >= 11 is 7.16. The molecule has 1 heterocycles. The van der Waals surface area contributed by atoms with Gasteiger partial charge in [-0.25, -0.2) is 0 Å². The van der Waals surface area contributed by atoms with E-state index in [9.17, 15) is 5.11 Å². The van der Waals surface area contributed by atoms with Gasteiger partial charge in [-0.2, -0.15) is 0 Å². The topological polar surface area (TPSA) is 37.2 Å². The molecule has 0 unspecified atom stereocenters. The molecule has 0 fully saturated rings. The van der Waals surface area contributed by atoms with Crippen LogP contribution in [0.1, 0.15) is 11.1 Å². The minimum Gasteiger partial charge on any atom is -0.389 e. The summed E-state index contributed by atoms with van der Waals surface area (Å²) in [6, 6.07) is 18.9. The average Bonchev–Trinajstić information content (AvgIpc) is 2.95. The first kappa shape index (κ1) is 19.5. The van der Waals surface area contributed by atoms with Gasteiger partial charge < -0.3 is 15.0 Å². The number of aliphatic hydroxyl groups is 1. The second-order valence-corrected chi connectivity index (χ2v) is 9.12. The highest BCUT2D eigenvalue weighted by molar-refractivity contribution is 9.10. The lowest BCUT2D eigenvalue weighted by Gasteiger charge is -2.17. The third kappa shape index (κ3) is 3.84. The van der Waals surface area contributed by atoms with Crippen LogP contribution >= 0.6 is 31.9 Å². The Hall–Kier alpha value is -1.82. The predicted molar refractivity (Wildman–Crippen MR) is 125 cm³/mol. The molecule has 0 bridgehead atoms. The number of aryl methyl sites for hydroxylation is 2. The number of anilines is 1. The third-order valence-corrected chi connectivity index (χ3v) is 6.09. The lowest BCUT2D eigenvalue weighted by atomic mass is 10.1. The quantitative estimate of drug-likeness (QED) is 0.331. The van der Waals surface area contributed by atoms with Gasteiger partial charge in [-0.05, 0) is 67.4 Å². The second kappa shape index (κ2) is 7.90. The molecule has 1 aromatic heterocycles. The molecule has 0 aliphatic rings. The number of hydrogen-bond acceptors (Lipinski definition) is 2. The molecule has 28 heavy (non-hydrogen) atoms. The Balaban J connectivity index is 1.64. The second-order valence-electron chi connectivity index (χ2n) is 7.29. The molecule has 3 nitrogen and oxygen atoms in total. The Kier molecular flexibility index (Phi) is 5.50. The zero-order valence-corrected chi connectivity index (χ0v) is 19.0. The van der Waals surface area contributed by atoms with Crippen molar-refractivity contribution in [2.75, 3.05) is 11.9 Å². The van der Waals surface area contributed by atoms with Gasteiger partial charge in [0.15, 0.2) is 0 Å². The highest BCUT2D eigenvalue weighted by Crippen LogP contribution is 2.33. The SMILES string of the molecule is Cc1ccc(C)c(NC[C@H](O)Cn2c3ccc(Br)cc3c3cc(Br)ccc32)c1. The largest absolute Gasteiger partial charge is 0.389 e. The smallest absolute Gasteiger partial charge is 0.0891 e. The monoisotopic (exact) mass is 500 g/mol. The molecular formula is C23H22Br2N2O. The molecule has 0 radical (unpaired) electrons. The van der Waals surface area contributed by atoms with Crippen LogP contribution < -0.4 is 5.32 Å². The van der Waals surface area contributed by atoms with Crippen LogP contribution in [0.25, 0.3) is 21.8 Å². The number of halogens is 2. The van der Waals surface area contributed by atoms with Gasteiger partial charge in [0.1, 0.15) is 0 Å². The molecular weight excluding hydrogens is 480 g/mol. The van der Waals surface area contributed by atoms with E-state index in [1.807, 2.05) is 12.1 Å². The van der Waals surface area contributed by atoms with Crippen LogP contribution in [-0.2, 0) is 6.54 Å². The van der Waals surface area contributed by atoms with E-state index in [1.54, 1.807) is 0 Å². The van der Waals surface area contributed by atoms with Gasteiger partial charge >= 0.3 is 0 Å². The van der Waals surface area contributed by atoms with Crippen molar-refractivity contribution in [2.24, 2.45) is 0 Å². The van der Waals surface area contributed by atoms with E-state index >= 15 is 0 Å². The number of nitrogens with zero attached hydrogens (tertiary/aromatic N) is 1. The maximum absolute atomic E-state index is 10.8. The van der Waals surface area contributed by atoms with Gasteiger partial charge in [-0.15, -0.1) is 0 Å². The maximum Gasteiger partial charge on any atom is 0.0891 e. The summed E-state index contributed by atoms with van der Waals surface area (Å²) in [6.07, 6.45) is -0.508. The molecule has 0 amide bonds. The molecule has 0 saturated heterocycles. The fourth-order valence-corrected chi connectivity index (χ4v) is 4.40. The van der Waals surface area contributed by atoms with Crippen molar-refractivity contribution in [3.63, 3.8) is 0 Å². The first-order valence-electron chi connectivity index (χ1n) is 9.28. The Morgan fingerprint density at radius 3 is 2.11 bits per heavy atom. The van der Waals surface area contributed by atoms with Crippen LogP contribution in [0.2, 0.25) is 0 Å². The minimum atomic E-state index is -0.508. The van der Waals surface area contributed by atoms with E-state index in [0.29, 0.717) is 13.1 Å². The van der Waals surface area contributed by atoms with Crippen molar-refractivity contribution in [1.29, 1.82) is 0 Å². The Morgan fingerprint density at radius 2 is 1.50 bits per heavy atom. The Labute approximate surface area is 181 Å². The molecule has 1 atom stereocenters. The highest BCUT2D eigenvalue weighted by Gasteiger charge is 2.15. The number of benzene rings is 3. The van der Waals surface area contributed by atoms with Gasteiger partial charge in [0.25, 0.3) is 0 Å². The summed E-state index contributed by atoms with van der Waals surface area (Å²) in [5, 5.41) is 16.5. The molecule has 4 aromatic rings. The number of nitrogens with one attached hydrogen (secondary N) is 1. The lowest BCUT2D eigenvalue weighted by Crippen LogP contribution is -2.25. The number of aromatic nitrogens is 1.